The maximum Gasteiger partial charge on any atom is 0.372 e. The van der Waals surface area contributed by atoms with Crippen LogP contribution in [0.2, 0.25) is 0 Å². The second-order valence-corrected chi connectivity index (χ2v) is 4.79. The zero-order valence-corrected chi connectivity index (χ0v) is 11.3. The van der Waals surface area contributed by atoms with Crippen molar-refractivity contribution in [1.29, 1.82) is 0 Å². The third kappa shape index (κ3) is 1.77. The molecule has 0 aliphatic carbocycles. The molecule has 3 aromatic rings. The summed E-state index contributed by atoms with van der Waals surface area (Å²) >= 11 is 0. The van der Waals surface area contributed by atoms with Gasteiger partial charge in [0.05, 0.1) is 11.2 Å². The van der Waals surface area contributed by atoms with E-state index < -0.39 is 5.97 Å². The Balaban J connectivity index is 2.37. The minimum atomic E-state index is -1.03. The first-order valence-corrected chi connectivity index (χ1v) is 6.36. The predicted octanol–water partition coefficient (Wildman–Crippen LogP) is 3.32. The molecular formula is C16H14N2O2. The number of carbonyl (C=O) groups is 1. The monoisotopic (exact) mass is 266 g/mol. The fourth-order valence-corrected chi connectivity index (χ4v) is 2.39. The first-order chi connectivity index (χ1) is 9.59. The van der Waals surface area contributed by atoms with E-state index in [1.54, 1.807) is 16.7 Å². The lowest BCUT2D eigenvalue weighted by Crippen LogP contribution is -2.02. The maximum atomic E-state index is 11.3. The number of nitrogens with zero attached hydrogens (tertiary/aromatic N) is 2. The summed E-state index contributed by atoms with van der Waals surface area (Å²) in [7, 11) is 0. The SMILES string of the molecule is Cc1cccc(-c2nc(C(=O)O)n3ccccc23)c1C. The van der Waals surface area contributed by atoms with Gasteiger partial charge in [-0.15, -0.1) is 0 Å². The summed E-state index contributed by atoms with van der Waals surface area (Å²) in [6.07, 6.45) is 1.72. The van der Waals surface area contributed by atoms with E-state index in [1.165, 1.54) is 0 Å². The van der Waals surface area contributed by atoms with Crippen molar-refractivity contribution in [3.05, 3.63) is 59.5 Å². The van der Waals surface area contributed by atoms with Gasteiger partial charge in [-0.2, -0.15) is 0 Å². The van der Waals surface area contributed by atoms with Crippen molar-refractivity contribution >= 4 is 11.5 Å². The molecule has 2 aromatic heterocycles. The molecule has 0 aliphatic heterocycles. The molecule has 20 heavy (non-hydrogen) atoms. The third-order valence-corrected chi connectivity index (χ3v) is 3.60. The molecule has 100 valence electrons. The Hall–Kier alpha value is -2.62. The van der Waals surface area contributed by atoms with Crippen molar-refractivity contribution in [2.45, 2.75) is 13.8 Å². The van der Waals surface area contributed by atoms with Crippen LogP contribution in [0.4, 0.5) is 0 Å². The second kappa shape index (κ2) is 4.49. The van der Waals surface area contributed by atoms with E-state index >= 15 is 0 Å². The van der Waals surface area contributed by atoms with E-state index in [-0.39, 0.29) is 5.82 Å². The number of benzene rings is 1. The average Bonchev–Trinajstić information content (AvgIpc) is 2.82. The number of carboxylic acid groups (broad SMARTS) is 1. The Morgan fingerprint density at radius 3 is 2.70 bits per heavy atom. The van der Waals surface area contributed by atoms with Crippen molar-refractivity contribution in [1.82, 2.24) is 9.38 Å². The molecule has 0 aliphatic rings. The molecule has 0 saturated heterocycles. The molecule has 0 bridgehead atoms. The van der Waals surface area contributed by atoms with E-state index in [2.05, 4.69) is 4.98 Å². The van der Waals surface area contributed by atoms with E-state index in [9.17, 15) is 9.90 Å². The summed E-state index contributed by atoms with van der Waals surface area (Å²) in [5, 5.41) is 9.28. The molecule has 0 unspecified atom stereocenters. The summed E-state index contributed by atoms with van der Waals surface area (Å²) in [4.78, 5) is 15.7. The molecule has 0 fully saturated rings. The minimum absolute atomic E-state index is 0.0384. The van der Waals surface area contributed by atoms with Gasteiger partial charge in [-0.05, 0) is 37.1 Å². The number of rotatable bonds is 2. The summed E-state index contributed by atoms with van der Waals surface area (Å²) in [6.45, 7) is 4.06. The average molecular weight is 266 g/mol. The molecule has 4 nitrogen and oxygen atoms in total. The van der Waals surface area contributed by atoms with Crippen LogP contribution in [0.1, 0.15) is 21.7 Å². The summed E-state index contributed by atoms with van der Waals surface area (Å²) in [5.74, 6) is -0.987. The van der Waals surface area contributed by atoms with Crippen molar-refractivity contribution in [2.24, 2.45) is 0 Å². The van der Waals surface area contributed by atoms with Gasteiger partial charge in [0.25, 0.3) is 0 Å². The number of aromatic nitrogens is 2. The van der Waals surface area contributed by atoms with E-state index in [0.29, 0.717) is 5.69 Å². The fourth-order valence-electron chi connectivity index (χ4n) is 2.39. The van der Waals surface area contributed by atoms with Gasteiger partial charge in [-0.3, -0.25) is 4.40 Å². The van der Waals surface area contributed by atoms with Crippen molar-refractivity contribution in [2.75, 3.05) is 0 Å². The maximum absolute atomic E-state index is 11.3. The van der Waals surface area contributed by atoms with E-state index in [1.807, 2.05) is 44.2 Å². The van der Waals surface area contributed by atoms with Gasteiger partial charge in [-0.1, -0.05) is 24.3 Å². The van der Waals surface area contributed by atoms with Crippen LogP contribution in [0.25, 0.3) is 16.8 Å². The zero-order valence-electron chi connectivity index (χ0n) is 11.3. The molecule has 3 rings (SSSR count). The van der Waals surface area contributed by atoms with E-state index in [0.717, 1.165) is 22.2 Å². The molecule has 4 heteroatoms. The lowest BCUT2D eigenvalue weighted by Gasteiger charge is -2.06. The second-order valence-electron chi connectivity index (χ2n) is 4.79. The number of hydrogen-bond acceptors (Lipinski definition) is 2. The van der Waals surface area contributed by atoms with Crippen LogP contribution in [0, 0.1) is 13.8 Å². The van der Waals surface area contributed by atoms with Gasteiger partial charge in [0.15, 0.2) is 0 Å². The largest absolute Gasteiger partial charge is 0.475 e. The fraction of sp³-hybridized carbons (Fsp3) is 0.125. The van der Waals surface area contributed by atoms with Crippen molar-refractivity contribution in [3.8, 4) is 11.3 Å². The van der Waals surface area contributed by atoms with Crippen LogP contribution in [-0.4, -0.2) is 20.5 Å². The number of aryl methyl sites for hydroxylation is 1. The summed E-state index contributed by atoms with van der Waals surface area (Å²) < 4.78 is 1.61. The highest BCUT2D eigenvalue weighted by Crippen LogP contribution is 2.29. The molecule has 0 saturated carbocycles. The number of carboxylic acids is 1. The van der Waals surface area contributed by atoms with Crippen LogP contribution >= 0.6 is 0 Å². The van der Waals surface area contributed by atoms with Crippen LogP contribution in [0.15, 0.2) is 42.6 Å². The van der Waals surface area contributed by atoms with Gasteiger partial charge in [0.2, 0.25) is 5.82 Å². The Labute approximate surface area is 116 Å². The highest BCUT2D eigenvalue weighted by Gasteiger charge is 2.18. The number of imidazole rings is 1. The number of hydrogen-bond donors (Lipinski definition) is 1. The van der Waals surface area contributed by atoms with Crippen LogP contribution in [0.3, 0.4) is 0 Å². The molecule has 0 radical (unpaired) electrons. The van der Waals surface area contributed by atoms with Crippen molar-refractivity contribution in [3.63, 3.8) is 0 Å². The van der Waals surface area contributed by atoms with Gasteiger partial charge < -0.3 is 5.11 Å². The molecule has 1 aromatic carbocycles. The topological polar surface area (TPSA) is 54.6 Å². The predicted molar refractivity (Wildman–Crippen MR) is 77.1 cm³/mol. The van der Waals surface area contributed by atoms with Gasteiger partial charge in [0, 0.05) is 11.8 Å². The molecule has 2 heterocycles. The van der Waals surface area contributed by atoms with Crippen LogP contribution < -0.4 is 0 Å². The molecular weight excluding hydrogens is 252 g/mol. The Kier molecular flexibility index (Phi) is 2.79. The minimum Gasteiger partial charge on any atom is -0.475 e. The van der Waals surface area contributed by atoms with Crippen LogP contribution in [0.5, 0.6) is 0 Å². The van der Waals surface area contributed by atoms with Gasteiger partial charge in [0.1, 0.15) is 0 Å². The smallest absolute Gasteiger partial charge is 0.372 e. The first-order valence-electron chi connectivity index (χ1n) is 6.36. The lowest BCUT2D eigenvalue weighted by molar-refractivity contribution is 0.0683. The first kappa shape index (κ1) is 12.4. The molecule has 1 N–H and O–H groups in total. The Morgan fingerprint density at radius 2 is 1.95 bits per heavy atom. The van der Waals surface area contributed by atoms with Gasteiger partial charge in [-0.25, -0.2) is 9.78 Å². The third-order valence-electron chi connectivity index (χ3n) is 3.60. The number of pyridine rings is 1. The zero-order chi connectivity index (χ0) is 14.3. The standard InChI is InChI=1S/C16H14N2O2/c1-10-6-5-7-12(11(10)2)14-13-8-3-4-9-18(13)15(17-14)16(19)20/h3-9H,1-2H3,(H,19,20). The molecule has 0 atom stereocenters. The number of aromatic carboxylic acids is 1. The van der Waals surface area contributed by atoms with Crippen molar-refractivity contribution < 1.29 is 9.90 Å². The van der Waals surface area contributed by atoms with Gasteiger partial charge >= 0.3 is 5.97 Å². The number of fused-ring (bicyclic) bond motifs is 1. The quantitative estimate of drug-likeness (QED) is 0.774. The molecule has 0 spiro atoms. The summed E-state index contributed by atoms with van der Waals surface area (Å²) in [6, 6.07) is 11.5. The lowest BCUT2D eigenvalue weighted by atomic mass is 10.0. The Bertz CT molecular complexity index is 818. The van der Waals surface area contributed by atoms with E-state index in [4.69, 9.17) is 0 Å². The summed E-state index contributed by atoms with van der Waals surface area (Å²) in [5.41, 5.74) is 4.77. The highest BCUT2D eigenvalue weighted by atomic mass is 16.4. The molecule has 0 amide bonds. The Morgan fingerprint density at radius 1 is 1.15 bits per heavy atom. The normalized spacial score (nSPS) is 10.9. The van der Waals surface area contributed by atoms with Crippen LogP contribution in [-0.2, 0) is 0 Å². The highest BCUT2D eigenvalue weighted by molar-refractivity contribution is 5.90.